The van der Waals surface area contributed by atoms with Crippen molar-refractivity contribution in [1.29, 1.82) is 0 Å². The summed E-state index contributed by atoms with van der Waals surface area (Å²) in [6.45, 7) is 7.73. The number of nitrogens with zero attached hydrogens (tertiary/aromatic N) is 3. The minimum atomic E-state index is 0.0699. The molecule has 0 spiro atoms. The van der Waals surface area contributed by atoms with Gasteiger partial charge in [0.1, 0.15) is 0 Å². The first-order valence-corrected chi connectivity index (χ1v) is 7.74. The smallest absolute Gasteiger partial charge is 0.257 e. The lowest BCUT2D eigenvalue weighted by Crippen LogP contribution is -2.57. The first-order chi connectivity index (χ1) is 10.6. The van der Waals surface area contributed by atoms with Crippen LogP contribution in [0.2, 0.25) is 0 Å². The zero-order valence-corrected chi connectivity index (χ0v) is 13.3. The van der Waals surface area contributed by atoms with Crippen molar-refractivity contribution in [1.82, 2.24) is 20.0 Å². The number of nitrogens with one attached hydrogen (secondary N) is 1. The summed E-state index contributed by atoms with van der Waals surface area (Å²) in [6.07, 6.45) is 1.68. The van der Waals surface area contributed by atoms with E-state index >= 15 is 0 Å². The standard InChI is InChI=1S/C17H22N4O/c1-12-13(2)20(10-9-18-12)17(22)16-11-19-21(14(16)3)15-7-5-4-6-8-15/h4-8,11-13,18H,9-10H2,1-3H3. The highest BCUT2D eigenvalue weighted by atomic mass is 16.2. The van der Waals surface area contributed by atoms with Crippen molar-refractivity contribution in [2.75, 3.05) is 13.1 Å². The van der Waals surface area contributed by atoms with E-state index in [4.69, 9.17) is 0 Å². The number of piperazine rings is 1. The Morgan fingerprint density at radius 2 is 2.00 bits per heavy atom. The minimum Gasteiger partial charge on any atom is -0.333 e. The Balaban J connectivity index is 1.90. The number of aromatic nitrogens is 2. The summed E-state index contributed by atoms with van der Waals surface area (Å²) in [5.74, 6) is 0.0699. The zero-order valence-electron chi connectivity index (χ0n) is 13.3. The van der Waals surface area contributed by atoms with Crippen LogP contribution in [0.15, 0.2) is 36.5 Å². The molecule has 5 nitrogen and oxygen atoms in total. The summed E-state index contributed by atoms with van der Waals surface area (Å²) in [7, 11) is 0. The number of para-hydroxylation sites is 1. The lowest BCUT2D eigenvalue weighted by atomic mass is 10.1. The van der Waals surface area contributed by atoms with Gasteiger partial charge in [-0.25, -0.2) is 4.68 Å². The fraction of sp³-hybridized carbons (Fsp3) is 0.412. The van der Waals surface area contributed by atoms with E-state index in [1.807, 2.05) is 46.8 Å². The lowest BCUT2D eigenvalue weighted by molar-refractivity contribution is 0.0602. The van der Waals surface area contributed by atoms with E-state index in [-0.39, 0.29) is 11.9 Å². The molecule has 0 saturated carbocycles. The molecule has 2 aromatic rings. The summed E-state index contributed by atoms with van der Waals surface area (Å²) in [4.78, 5) is 14.8. The maximum atomic E-state index is 12.9. The van der Waals surface area contributed by atoms with Crippen LogP contribution in [0.1, 0.15) is 29.9 Å². The number of hydrogen-bond donors (Lipinski definition) is 1. The van der Waals surface area contributed by atoms with Crippen LogP contribution in [-0.4, -0.2) is 45.8 Å². The van der Waals surface area contributed by atoms with Gasteiger partial charge in [-0.1, -0.05) is 18.2 Å². The molecule has 1 aliphatic heterocycles. The van der Waals surface area contributed by atoms with Crippen molar-refractivity contribution in [3.05, 3.63) is 47.8 Å². The largest absolute Gasteiger partial charge is 0.333 e. The van der Waals surface area contributed by atoms with Gasteiger partial charge in [0.2, 0.25) is 0 Å². The molecule has 5 heteroatoms. The maximum absolute atomic E-state index is 12.9. The van der Waals surface area contributed by atoms with Crippen LogP contribution in [0.4, 0.5) is 0 Å². The van der Waals surface area contributed by atoms with Crippen molar-refractivity contribution >= 4 is 5.91 Å². The van der Waals surface area contributed by atoms with Crippen molar-refractivity contribution in [2.24, 2.45) is 0 Å². The molecule has 1 aromatic carbocycles. The Labute approximate surface area is 130 Å². The van der Waals surface area contributed by atoms with Crippen molar-refractivity contribution < 1.29 is 4.79 Å². The average Bonchev–Trinajstić information content (AvgIpc) is 2.92. The monoisotopic (exact) mass is 298 g/mol. The Kier molecular flexibility index (Phi) is 3.98. The summed E-state index contributed by atoms with van der Waals surface area (Å²) in [5, 5.41) is 7.80. The normalized spacial score (nSPS) is 21.9. The number of rotatable bonds is 2. The number of carbonyl (C=O) groups excluding carboxylic acids is 1. The molecular formula is C17H22N4O. The van der Waals surface area contributed by atoms with E-state index in [0.717, 1.165) is 24.5 Å². The molecule has 2 heterocycles. The summed E-state index contributed by atoms with van der Waals surface area (Å²) >= 11 is 0. The van der Waals surface area contributed by atoms with Gasteiger partial charge in [0.15, 0.2) is 0 Å². The van der Waals surface area contributed by atoms with Gasteiger partial charge in [-0.3, -0.25) is 4.79 Å². The molecule has 1 aromatic heterocycles. The second-order valence-electron chi connectivity index (χ2n) is 5.87. The fourth-order valence-electron chi connectivity index (χ4n) is 2.95. The van der Waals surface area contributed by atoms with Crippen molar-refractivity contribution in [2.45, 2.75) is 32.9 Å². The second kappa shape index (κ2) is 5.93. The molecular weight excluding hydrogens is 276 g/mol. The molecule has 1 amide bonds. The molecule has 2 atom stereocenters. The Morgan fingerprint density at radius 1 is 1.27 bits per heavy atom. The number of amides is 1. The highest BCUT2D eigenvalue weighted by Gasteiger charge is 2.30. The van der Waals surface area contributed by atoms with Gasteiger partial charge in [-0.15, -0.1) is 0 Å². The van der Waals surface area contributed by atoms with Crippen LogP contribution >= 0.6 is 0 Å². The zero-order chi connectivity index (χ0) is 15.7. The lowest BCUT2D eigenvalue weighted by Gasteiger charge is -2.38. The number of carbonyl (C=O) groups is 1. The van der Waals surface area contributed by atoms with Gasteiger partial charge in [0.05, 0.1) is 23.1 Å². The number of benzene rings is 1. The molecule has 116 valence electrons. The molecule has 0 aliphatic carbocycles. The highest BCUT2D eigenvalue weighted by molar-refractivity contribution is 5.95. The van der Waals surface area contributed by atoms with Gasteiger partial charge in [-0.2, -0.15) is 5.10 Å². The van der Waals surface area contributed by atoms with Crippen LogP contribution < -0.4 is 5.32 Å². The van der Waals surface area contributed by atoms with Crippen LogP contribution in [0.3, 0.4) is 0 Å². The Hall–Kier alpha value is -2.14. The van der Waals surface area contributed by atoms with Crippen LogP contribution in [0.5, 0.6) is 0 Å². The van der Waals surface area contributed by atoms with E-state index in [0.29, 0.717) is 11.6 Å². The van der Waals surface area contributed by atoms with E-state index in [9.17, 15) is 4.79 Å². The van der Waals surface area contributed by atoms with Crippen LogP contribution in [0.25, 0.3) is 5.69 Å². The molecule has 1 fully saturated rings. The van der Waals surface area contributed by atoms with Gasteiger partial charge < -0.3 is 10.2 Å². The summed E-state index contributed by atoms with van der Waals surface area (Å²) in [5.41, 5.74) is 2.54. The van der Waals surface area contributed by atoms with E-state index in [1.54, 1.807) is 6.20 Å². The Morgan fingerprint density at radius 3 is 2.73 bits per heavy atom. The number of hydrogen-bond acceptors (Lipinski definition) is 3. The highest BCUT2D eigenvalue weighted by Crippen LogP contribution is 2.18. The third kappa shape index (κ3) is 2.52. The predicted octanol–water partition coefficient (Wildman–Crippen LogP) is 2.00. The summed E-state index contributed by atoms with van der Waals surface area (Å²) in [6, 6.07) is 10.4. The van der Waals surface area contributed by atoms with Gasteiger partial charge >= 0.3 is 0 Å². The molecule has 3 rings (SSSR count). The first kappa shape index (κ1) is 14.8. The van der Waals surface area contributed by atoms with Gasteiger partial charge in [0, 0.05) is 25.2 Å². The molecule has 1 N–H and O–H groups in total. The Bertz CT molecular complexity index is 665. The van der Waals surface area contributed by atoms with E-state index in [1.165, 1.54) is 0 Å². The second-order valence-corrected chi connectivity index (χ2v) is 5.87. The molecule has 0 bridgehead atoms. The van der Waals surface area contributed by atoms with Crippen molar-refractivity contribution in [3.63, 3.8) is 0 Å². The molecule has 2 unspecified atom stereocenters. The van der Waals surface area contributed by atoms with Crippen LogP contribution in [0, 0.1) is 6.92 Å². The third-order valence-electron chi connectivity index (χ3n) is 4.54. The first-order valence-electron chi connectivity index (χ1n) is 7.74. The fourth-order valence-corrected chi connectivity index (χ4v) is 2.95. The molecule has 1 saturated heterocycles. The molecule has 22 heavy (non-hydrogen) atoms. The SMILES string of the molecule is Cc1c(C(=O)N2CCNC(C)C2C)cnn1-c1ccccc1. The third-order valence-corrected chi connectivity index (χ3v) is 4.54. The maximum Gasteiger partial charge on any atom is 0.257 e. The average molecular weight is 298 g/mol. The minimum absolute atomic E-state index is 0.0699. The van der Waals surface area contributed by atoms with Crippen molar-refractivity contribution in [3.8, 4) is 5.69 Å². The molecule has 1 aliphatic rings. The van der Waals surface area contributed by atoms with Gasteiger partial charge in [-0.05, 0) is 32.9 Å². The predicted molar refractivity (Wildman–Crippen MR) is 86.3 cm³/mol. The quantitative estimate of drug-likeness (QED) is 0.922. The summed E-state index contributed by atoms with van der Waals surface area (Å²) < 4.78 is 1.82. The van der Waals surface area contributed by atoms with Gasteiger partial charge in [0.25, 0.3) is 5.91 Å². The topological polar surface area (TPSA) is 50.2 Å². The molecule has 0 radical (unpaired) electrons. The van der Waals surface area contributed by atoms with E-state index < -0.39 is 0 Å². The van der Waals surface area contributed by atoms with Crippen LogP contribution in [-0.2, 0) is 0 Å². The van der Waals surface area contributed by atoms with E-state index in [2.05, 4.69) is 24.3 Å².